The number of Topliss-reactive ketones (excluding diaryl/α,β-unsaturated/α-hetero) is 1. The van der Waals surface area contributed by atoms with Gasteiger partial charge in [-0.2, -0.15) is 0 Å². The molecule has 28 heavy (non-hydrogen) atoms. The van der Waals surface area contributed by atoms with Gasteiger partial charge in [-0.15, -0.1) is 0 Å². The summed E-state index contributed by atoms with van der Waals surface area (Å²) in [6.45, 7) is 0.655. The van der Waals surface area contributed by atoms with Crippen LogP contribution in [0.2, 0.25) is 0 Å². The summed E-state index contributed by atoms with van der Waals surface area (Å²) < 4.78 is 6.67. The van der Waals surface area contributed by atoms with Crippen molar-refractivity contribution >= 4 is 11.5 Å². The van der Waals surface area contributed by atoms with E-state index in [9.17, 15) is 14.9 Å². The number of benzene rings is 2. The number of rotatable bonds is 7. The van der Waals surface area contributed by atoms with E-state index in [2.05, 4.69) is 4.99 Å². The number of ketones is 1. The van der Waals surface area contributed by atoms with Crippen molar-refractivity contribution in [3.05, 3.63) is 99.7 Å². The average Bonchev–Trinajstić information content (AvgIpc) is 2.73. The highest BCUT2D eigenvalue weighted by Crippen LogP contribution is 2.27. The number of nitro groups is 1. The minimum absolute atomic E-state index is 0.0719. The molecule has 0 spiro atoms. The van der Waals surface area contributed by atoms with Crippen molar-refractivity contribution in [2.24, 2.45) is 4.99 Å². The standard InChI is InChI=1S/C21H19N3O4/c1-28-21-8-7-17(13-19(21)24(26)27)20(25)15-23-11-9-18(10-12-23)22-14-16-5-3-2-4-6-16/h2-13H,14-15H2,1H3. The number of aromatic nitrogens is 1. The number of hydrogen-bond acceptors (Lipinski definition) is 5. The van der Waals surface area contributed by atoms with Crippen LogP contribution in [0.3, 0.4) is 0 Å². The van der Waals surface area contributed by atoms with Gasteiger partial charge in [-0.05, 0) is 29.8 Å². The molecule has 142 valence electrons. The molecule has 1 heterocycles. The molecular formula is C21H19N3O4. The van der Waals surface area contributed by atoms with Crippen LogP contribution in [0, 0.1) is 10.1 Å². The molecule has 0 saturated carbocycles. The van der Waals surface area contributed by atoms with E-state index in [4.69, 9.17) is 4.74 Å². The van der Waals surface area contributed by atoms with Crippen LogP contribution in [0.4, 0.5) is 5.69 Å². The SMILES string of the molecule is COc1ccc(C(=O)Cn2ccc(=NCc3ccccc3)cc2)cc1[N+](=O)[O-]. The minimum atomic E-state index is -0.564. The highest BCUT2D eigenvalue weighted by atomic mass is 16.6. The van der Waals surface area contributed by atoms with Crippen molar-refractivity contribution in [2.45, 2.75) is 13.1 Å². The Morgan fingerprint density at radius 3 is 2.46 bits per heavy atom. The average molecular weight is 377 g/mol. The Balaban J connectivity index is 1.71. The number of nitro benzene ring substituents is 1. The monoisotopic (exact) mass is 377 g/mol. The summed E-state index contributed by atoms with van der Waals surface area (Å²) in [6.07, 6.45) is 3.53. The Kier molecular flexibility index (Phi) is 5.96. The van der Waals surface area contributed by atoms with Crippen LogP contribution in [-0.2, 0) is 13.1 Å². The van der Waals surface area contributed by atoms with Gasteiger partial charge < -0.3 is 9.30 Å². The summed E-state index contributed by atoms with van der Waals surface area (Å²) in [4.78, 5) is 27.5. The normalized spacial score (nSPS) is 10.3. The van der Waals surface area contributed by atoms with E-state index in [1.807, 2.05) is 42.5 Å². The fourth-order valence-electron chi connectivity index (χ4n) is 2.69. The smallest absolute Gasteiger partial charge is 0.311 e. The summed E-state index contributed by atoms with van der Waals surface area (Å²) in [5.74, 6) is -0.108. The number of carbonyl (C=O) groups is 1. The lowest BCUT2D eigenvalue weighted by molar-refractivity contribution is -0.385. The van der Waals surface area contributed by atoms with Crippen molar-refractivity contribution < 1.29 is 14.5 Å². The second-order valence-corrected chi connectivity index (χ2v) is 6.10. The first-order valence-electron chi connectivity index (χ1n) is 8.63. The van der Waals surface area contributed by atoms with Crippen LogP contribution in [0.1, 0.15) is 15.9 Å². The molecule has 3 aromatic rings. The van der Waals surface area contributed by atoms with Gasteiger partial charge in [-0.25, -0.2) is 0 Å². The van der Waals surface area contributed by atoms with Crippen molar-refractivity contribution in [3.63, 3.8) is 0 Å². The van der Waals surface area contributed by atoms with Gasteiger partial charge in [0.2, 0.25) is 0 Å². The summed E-state index contributed by atoms with van der Waals surface area (Å²) >= 11 is 0. The lowest BCUT2D eigenvalue weighted by Crippen LogP contribution is -2.13. The maximum Gasteiger partial charge on any atom is 0.311 e. The molecule has 0 unspecified atom stereocenters. The Morgan fingerprint density at radius 2 is 1.82 bits per heavy atom. The van der Waals surface area contributed by atoms with E-state index in [0.29, 0.717) is 6.54 Å². The molecule has 0 saturated heterocycles. The Morgan fingerprint density at radius 1 is 1.11 bits per heavy atom. The van der Waals surface area contributed by atoms with Gasteiger partial charge in [0.1, 0.15) is 0 Å². The third-order valence-corrected chi connectivity index (χ3v) is 4.18. The van der Waals surface area contributed by atoms with Gasteiger partial charge in [0, 0.05) is 24.0 Å². The maximum atomic E-state index is 12.5. The van der Waals surface area contributed by atoms with Gasteiger partial charge in [0.05, 0.1) is 30.5 Å². The van der Waals surface area contributed by atoms with E-state index in [0.717, 1.165) is 10.9 Å². The van der Waals surface area contributed by atoms with E-state index in [-0.39, 0.29) is 29.3 Å². The molecule has 0 N–H and O–H groups in total. The lowest BCUT2D eigenvalue weighted by atomic mass is 10.1. The van der Waals surface area contributed by atoms with Gasteiger partial charge in [-0.3, -0.25) is 19.9 Å². The summed E-state index contributed by atoms with van der Waals surface area (Å²) in [6, 6.07) is 17.8. The van der Waals surface area contributed by atoms with Crippen molar-refractivity contribution in [1.82, 2.24) is 4.57 Å². The summed E-state index contributed by atoms with van der Waals surface area (Å²) in [5.41, 5.74) is 1.15. The topological polar surface area (TPSA) is 86.7 Å². The molecule has 0 aliphatic heterocycles. The molecule has 3 rings (SSSR count). The molecule has 0 atom stereocenters. The number of nitrogens with zero attached hydrogens (tertiary/aromatic N) is 3. The van der Waals surface area contributed by atoms with Crippen LogP contribution in [0.15, 0.2) is 78.0 Å². The number of methoxy groups -OCH3 is 1. The zero-order valence-electron chi connectivity index (χ0n) is 15.3. The highest BCUT2D eigenvalue weighted by molar-refractivity contribution is 5.96. The second-order valence-electron chi connectivity index (χ2n) is 6.10. The maximum absolute atomic E-state index is 12.5. The van der Waals surface area contributed by atoms with E-state index in [1.54, 1.807) is 17.0 Å². The molecule has 0 aliphatic rings. The number of pyridine rings is 1. The van der Waals surface area contributed by atoms with Crippen LogP contribution < -0.4 is 10.1 Å². The third-order valence-electron chi connectivity index (χ3n) is 4.18. The van der Waals surface area contributed by atoms with E-state index < -0.39 is 4.92 Å². The Hall–Kier alpha value is -3.74. The second kappa shape index (κ2) is 8.77. The molecule has 0 bridgehead atoms. The largest absolute Gasteiger partial charge is 0.490 e. The lowest BCUT2D eigenvalue weighted by Gasteiger charge is -2.07. The third kappa shape index (κ3) is 4.70. The van der Waals surface area contributed by atoms with Crippen LogP contribution in [-0.4, -0.2) is 22.4 Å². The predicted molar refractivity (Wildman–Crippen MR) is 104 cm³/mol. The van der Waals surface area contributed by atoms with Gasteiger partial charge >= 0.3 is 5.69 Å². The first-order valence-corrected chi connectivity index (χ1v) is 8.63. The molecule has 0 radical (unpaired) electrons. The minimum Gasteiger partial charge on any atom is -0.490 e. The number of ether oxygens (including phenoxy) is 1. The predicted octanol–water partition coefficient (Wildman–Crippen LogP) is 3.39. The van der Waals surface area contributed by atoms with Crippen molar-refractivity contribution in [3.8, 4) is 5.75 Å². The zero-order chi connectivity index (χ0) is 19.9. The Bertz CT molecular complexity index is 1040. The number of hydrogen-bond donors (Lipinski definition) is 0. The molecule has 7 heteroatoms. The number of carbonyl (C=O) groups excluding carboxylic acids is 1. The molecule has 7 nitrogen and oxygen atoms in total. The van der Waals surface area contributed by atoms with E-state index >= 15 is 0 Å². The first kappa shape index (κ1) is 19.0. The molecule has 0 fully saturated rings. The first-order chi connectivity index (χ1) is 13.6. The van der Waals surface area contributed by atoms with Crippen LogP contribution in [0.25, 0.3) is 0 Å². The zero-order valence-corrected chi connectivity index (χ0v) is 15.3. The fraction of sp³-hybridized carbons (Fsp3) is 0.143. The summed E-state index contributed by atoms with van der Waals surface area (Å²) in [7, 11) is 1.35. The van der Waals surface area contributed by atoms with Crippen molar-refractivity contribution in [1.29, 1.82) is 0 Å². The molecule has 2 aromatic carbocycles. The Labute approximate surface area is 161 Å². The van der Waals surface area contributed by atoms with E-state index in [1.165, 1.54) is 25.3 Å². The molecule has 1 aromatic heterocycles. The quantitative estimate of drug-likeness (QED) is 0.359. The molecule has 0 amide bonds. The summed E-state index contributed by atoms with van der Waals surface area (Å²) in [5, 5.41) is 11.9. The van der Waals surface area contributed by atoms with Crippen LogP contribution >= 0.6 is 0 Å². The van der Waals surface area contributed by atoms with Gasteiger partial charge in [0.15, 0.2) is 11.5 Å². The highest BCUT2D eigenvalue weighted by Gasteiger charge is 2.18. The molecular weight excluding hydrogens is 358 g/mol. The fourth-order valence-corrected chi connectivity index (χ4v) is 2.69. The van der Waals surface area contributed by atoms with Gasteiger partial charge in [0.25, 0.3) is 0 Å². The molecule has 0 aliphatic carbocycles. The van der Waals surface area contributed by atoms with Gasteiger partial charge in [-0.1, -0.05) is 30.3 Å². The van der Waals surface area contributed by atoms with Crippen LogP contribution in [0.5, 0.6) is 5.75 Å². The van der Waals surface area contributed by atoms with Crippen molar-refractivity contribution in [2.75, 3.05) is 7.11 Å².